The van der Waals surface area contributed by atoms with Gasteiger partial charge in [-0.25, -0.2) is 9.78 Å². The smallest absolute Gasteiger partial charge is 0.407 e. The molecule has 1 aliphatic heterocycles. The van der Waals surface area contributed by atoms with E-state index in [1.54, 1.807) is 11.3 Å². The molecule has 1 atom stereocenters. The van der Waals surface area contributed by atoms with E-state index in [9.17, 15) is 4.79 Å². The van der Waals surface area contributed by atoms with E-state index in [4.69, 9.17) is 5.11 Å². The number of aromatic nitrogens is 1. The minimum Gasteiger partial charge on any atom is -0.465 e. The van der Waals surface area contributed by atoms with Gasteiger partial charge in [-0.05, 0) is 13.3 Å². The van der Waals surface area contributed by atoms with Gasteiger partial charge in [0.05, 0.1) is 5.01 Å². The van der Waals surface area contributed by atoms with Crippen molar-refractivity contribution in [2.45, 2.75) is 19.3 Å². The van der Waals surface area contributed by atoms with Crippen molar-refractivity contribution >= 4 is 17.4 Å². The predicted octanol–water partition coefficient (Wildman–Crippen LogP) is 1.92. The van der Waals surface area contributed by atoms with Crippen LogP contribution in [0, 0.1) is 6.92 Å². The van der Waals surface area contributed by atoms with Crippen molar-refractivity contribution in [3.05, 3.63) is 16.1 Å². The van der Waals surface area contributed by atoms with E-state index in [1.165, 1.54) is 4.90 Å². The lowest BCUT2D eigenvalue weighted by molar-refractivity contribution is 0.155. The minimum absolute atomic E-state index is 0.310. The largest absolute Gasteiger partial charge is 0.465 e. The molecule has 0 bridgehead atoms. The quantitative estimate of drug-likeness (QED) is 0.773. The second-order valence-electron chi connectivity index (χ2n) is 3.54. The highest BCUT2D eigenvalue weighted by molar-refractivity contribution is 7.09. The Morgan fingerprint density at radius 1 is 1.79 bits per heavy atom. The van der Waals surface area contributed by atoms with Crippen LogP contribution in [0.5, 0.6) is 0 Å². The molecule has 76 valence electrons. The van der Waals surface area contributed by atoms with Crippen LogP contribution in [0.4, 0.5) is 4.79 Å². The molecule has 1 saturated heterocycles. The number of carbonyl (C=O) groups is 1. The molecule has 2 heterocycles. The number of nitrogens with zero attached hydrogens (tertiary/aromatic N) is 2. The number of carboxylic acid groups (broad SMARTS) is 1. The minimum atomic E-state index is -0.819. The molecule has 0 saturated carbocycles. The van der Waals surface area contributed by atoms with Gasteiger partial charge in [0.1, 0.15) is 0 Å². The summed E-state index contributed by atoms with van der Waals surface area (Å²) in [5.74, 6) is 0.310. The topological polar surface area (TPSA) is 53.4 Å². The Kier molecular flexibility index (Phi) is 2.41. The molecular formula is C9H12N2O2S. The standard InChI is InChI=1S/C9H12N2O2S/c1-6-5-14-8(10-6)7-2-3-11(4-7)9(12)13/h5,7H,2-4H2,1H3,(H,12,13). The summed E-state index contributed by atoms with van der Waals surface area (Å²) < 4.78 is 0. The third-order valence-corrected chi connectivity index (χ3v) is 3.57. The fourth-order valence-electron chi connectivity index (χ4n) is 1.70. The monoisotopic (exact) mass is 212 g/mol. The molecule has 5 heteroatoms. The van der Waals surface area contributed by atoms with Gasteiger partial charge in [-0.15, -0.1) is 11.3 Å². The van der Waals surface area contributed by atoms with Crippen LogP contribution in [0.2, 0.25) is 0 Å². The maximum atomic E-state index is 10.7. The highest BCUT2D eigenvalue weighted by Gasteiger charge is 2.28. The summed E-state index contributed by atoms with van der Waals surface area (Å²) in [5, 5.41) is 11.9. The lowest BCUT2D eigenvalue weighted by Gasteiger charge is -2.10. The molecule has 0 aromatic carbocycles. The van der Waals surface area contributed by atoms with Gasteiger partial charge >= 0.3 is 6.09 Å². The molecule has 1 aromatic rings. The van der Waals surface area contributed by atoms with Crippen LogP contribution >= 0.6 is 11.3 Å². The SMILES string of the molecule is Cc1csc(C2CCN(C(=O)O)C2)n1. The summed E-state index contributed by atoms with van der Waals surface area (Å²) in [6.45, 7) is 3.20. The fourth-order valence-corrected chi connectivity index (χ4v) is 2.62. The Labute approximate surface area is 86.2 Å². The first-order valence-electron chi connectivity index (χ1n) is 4.56. The summed E-state index contributed by atoms with van der Waals surface area (Å²) in [7, 11) is 0. The Morgan fingerprint density at radius 3 is 3.07 bits per heavy atom. The summed E-state index contributed by atoms with van der Waals surface area (Å²) in [5.41, 5.74) is 1.03. The normalized spacial score (nSPS) is 21.5. The Hall–Kier alpha value is -1.10. The summed E-state index contributed by atoms with van der Waals surface area (Å²) in [4.78, 5) is 16.5. The summed E-state index contributed by atoms with van der Waals surface area (Å²) in [6, 6.07) is 0. The molecule has 2 rings (SSSR count). The van der Waals surface area contributed by atoms with Crippen LogP contribution in [0.3, 0.4) is 0 Å². The third kappa shape index (κ3) is 1.72. The van der Waals surface area contributed by atoms with E-state index in [2.05, 4.69) is 4.98 Å². The zero-order chi connectivity index (χ0) is 10.1. The van der Waals surface area contributed by atoms with E-state index in [-0.39, 0.29) is 0 Å². The van der Waals surface area contributed by atoms with Crippen LogP contribution in [0.15, 0.2) is 5.38 Å². The van der Waals surface area contributed by atoms with E-state index in [0.717, 1.165) is 17.1 Å². The number of amides is 1. The van der Waals surface area contributed by atoms with Gasteiger partial charge in [-0.1, -0.05) is 0 Å². The van der Waals surface area contributed by atoms with E-state index < -0.39 is 6.09 Å². The molecule has 4 nitrogen and oxygen atoms in total. The Morgan fingerprint density at radius 2 is 2.57 bits per heavy atom. The molecular weight excluding hydrogens is 200 g/mol. The molecule has 1 aromatic heterocycles. The molecule has 0 aliphatic carbocycles. The predicted molar refractivity (Wildman–Crippen MR) is 53.8 cm³/mol. The van der Waals surface area contributed by atoms with E-state index >= 15 is 0 Å². The van der Waals surface area contributed by atoms with Crippen LogP contribution < -0.4 is 0 Å². The van der Waals surface area contributed by atoms with Crippen molar-refractivity contribution in [3.8, 4) is 0 Å². The van der Waals surface area contributed by atoms with Crippen molar-refractivity contribution < 1.29 is 9.90 Å². The second-order valence-corrected chi connectivity index (χ2v) is 4.43. The Balaban J connectivity index is 2.05. The maximum absolute atomic E-state index is 10.7. The van der Waals surface area contributed by atoms with Gasteiger partial charge in [0.2, 0.25) is 0 Å². The zero-order valence-corrected chi connectivity index (χ0v) is 8.75. The van der Waals surface area contributed by atoms with Crippen LogP contribution in [0.1, 0.15) is 23.0 Å². The molecule has 1 aliphatic rings. The van der Waals surface area contributed by atoms with Crippen LogP contribution in [0.25, 0.3) is 0 Å². The Bertz CT molecular complexity index is 350. The second kappa shape index (κ2) is 3.57. The molecule has 1 N–H and O–H groups in total. The molecule has 14 heavy (non-hydrogen) atoms. The molecule has 1 amide bonds. The average Bonchev–Trinajstić information content (AvgIpc) is 2.70. The van der Waals surface area contributed by atoms with Gasteiger partial charge in [0.25, 0.3) is 0 Å². The zero-order valence-electron chi connectivity index (χ0n) is 7.93. The molecule has 0 radical (unpaired) electrons. The number of hydrogen-bond acceptors (Lipinski definition) is 3. The summed E-state index contributed by atoms with van der Waals surface area (Å²) >= 11 is 1.63. The first-order chi connectivity index (χ1) is 6.66. The first-order valence-corrected chi connectivity index (χ1v) is 5.44. The van der Waals surface area contributed by atoms with Crippen molar-refractivity contribution in [1.29, 1.82) is 0 Å². The fraction of sp³-hybridized carbons (Fsp3) is 0.556. The number of thiazole rings is 1. The van der Waals surface area contributed by atoms with Crippen LogP contribution in [-0.4, -0.2) is 34.2 Å². The third-order valence-electron chi connectivity index (χ3n) is 2.44. The van der Waals surface area contributed by atoms with Crippen molar-refractivity contribution in [2.24, 2.45) is 0 Å². The number of aryl methyl sites for hydroxylation is 1. The average molecular weight is 212 g/mol. The van der Waals surface area contributed by atoms with Gasteiger partial charge in [0.15, 0.2) is 0 Å². The van der Waals surface area contributed by atoms with Crippen molar-refractivity contribution in [2.75, 3.05) is 13.1 Å². The van der Waals surface area contributed by atoms with Gasteiger partial charge in [-0.2, -0.15) is 0 Å². The molecule has 0 spiro atoms. The highest BCUT2D eigenvalue weighted by atomic mass is 32.1. The maximum Gasteiger partial charge on any atom is 0.407 e. The van der Waals surface area contributed by atoms with Gasteiger partial charge in [0, 0.05) is 30.1 Å². The lowest BCUT2D eigenvalue weighted by Crippen LogP contribution is -2.26. The van der Waals surface area contributed by atoms with Gasteiger partial charge in [-0.3, -0.25) is 0 Å². The van der Waals surface area contributed by atoms with E-state index in [1.807, 2.05) is 12.3 Å². The summed E-state index contributed by atoms with van der Waals surface area (Å²) in [6.07, 6.45) is 0.0833. The molecule has 1 fully saturated rings. The van der Waals surface area contributed by atoms with Crippen molar-refractivity contribution in [1.82, 2.24) is 9.88 Å². The van der Waals surface area contributed by atoms with Crippen LogP contribution in [-0.2, 0) is 0 Å². The number of likely N-dealkylation sites (tertiary alicyclic amines) is 1. The number of hydrogen-bond donors (Lipinski definition) is 1. The highest BCUT2D eigenvalue weighted by Crippen LogP contribution is 2.29. The number of rotatable bonds is 1. The lowest BCUT2D eigenvalue weighted by atomic mass is 10.1. The van der Waals surface area contributed by atoms with E-state index in [0.29, 0.717) is 19.0 Å². The van der Waals surface area contributed by atoms with Gasteiger partial charge < -0.3 is 10.0 Å². The van der Waals surface area contributed by atoms with Crippen molar-refractivity contribution in [3.63, 3.8) is 0 Å². The molecule has 1 unspecified atom stereocenters. The first kappa shape index (κ1) is 9.45.